The molecule has 0 amide bonds. The monoisotopic (exact) mass is 720 g/mol. The van der Waals surface area contributed by atoms with E-state index in [2.05, 4.69) is 5.48 Å². The van der Waals surface area contributed by atoms with Crippen molar-refractivity contribution in [3.63, 3.8) is 0 Å². The topological polar surface area (TPSA) is 89.4 Å². The van der Waals surface area contributed by atoms with Crippen LogP contribution in [0.25, 0.3) is 0 Å². The molecule has 0 aliphatic heterocycles. The summed E-state index contributed by atoms with van der Waals surface area (Å²) in [4.78, 5) is 0. The van der Waals surface area contributed by atoms with Crippen molar-refractivity contribution in [2.75, 3.05) is 13.2 Å². The van der Waals surface area contributed by atoms with Gasteiger partial charge in [-0.3, -0.25) is 0 Å². The van der Waals surface area contributed by atoms with Crippen LogP contribution >= 0.6 is 8.60 Å². The van der Waals surface area contributed by atoms with E-state index in [9.17, 15) is 23.5 Å². The van der Waals surface area contributed by atoms with E-state index < -0.39 is 43.2 Å². The summed E-state index contributed by atoms with van der Waals surface area (Å²) in [6.07, 6.45) is -2.92. The third kappa shape index (κ3) is 16.2. The Morgan fingerprint density at radius 3 is 2.00 bits per heavy atom. The minimum atomic E-state index is -4.60. The standard InChI is InChI=1S/C32H49F3NO6P.Y/c1-24(37)17-19-31(36-38,23-40-43(41-29(2,3)4)42-30(5,6)7)20-18-26-15-16-28(27(22-26)32(33,34)35)39-21-11-14-25-12-9-8-10-13-25;/h8-10,12-13,15-16,22,24,36-38H,11,14,17-21,23H2,1-7H3;. The Bertz CT molecular complexity index is 1080. The number of benzene rings is 2. The van der Waals surface area contributed by atoms with Gasteiger partial charge in [-0.1, -0.05) is 36.4 Å². The van der Waals surface area contributed by atoms with Gasteiger partial charge in [0.05, 0.1) is 41.6 Å². The number of hydroxylamine groups is 1. The molecular formula is C32H49F3NO6PY. The zero-order chi connectivity index (χ0) is 32.3. The second-order valence-corrected chi connectivity index (χ2v) is 14.0. The molecule has 2 rings (SSSR count). The van der Waals surface area contributed by atoms with Crippen molar-refractivity contribution in [1.82, 2.24) is 5.48 Å². The number of rotatable bonds is 17. The molecule has 0 saturated carbocycles. The fraction of sp³-hybridized carbons (Fsp3) is 0.625. The molecule has 1 radical (unpaired) electrons. The molecule has 0 aromatic heterocycles. The summed E-state index contributed by atoms with van der Waals surface area (Å²) in [5, 5.41) is 20.2. The normalized spacial score (nSPS) is 14.7. The maximum Gasteiger partial charge on any atom is 0.419 e. The molecule has 12 heteroatoms. The first-order valence-electron chi connectivity index (χ1n) is 14.7. The molecule has 2 atom stereocenters. The van der Waals surface area contributed by atoms with E-state index in [4.69, 9.17) is 18.3 Å². The molecule has 44 heavy (non-hydrogen) atoms. The van der Waals surface area contributed by atoms with Gasteiger partial charge >= 0.3 is 14.8 Å². The Balaban J connectivity index is 0.00000968. The molecule has 0 heterocycles. The van der Waals surface area contributed by atoms with Gasteiger partial charge in [-0.15, -0.1) is 0 Å². The first-order chi connectivity index (χ1) is 19.9. The van der Waals surface area contributed by atoms with Gasteiger partial charge < -0.3 is 28.6 Å². The Morgan fingerprint density at radius 2 is 1.48 bits per heavy atom. The quantitative estimate of drug-likeness (QED) is 0.0860. The van der Waals surface area contributed by atoms with Crippen LogP contribution < -0.4 is 10.2 Å². The molecule has 2 unspecified atom stereocenters. The van der Waals surface area contributed by atoms with Gasteiger partial charge in [-0.2, -0.15) is 18.7 Å². The second-order valence-electron chi connectivity index (χ2n) is 13.0. The summed E-state index contributed by atoms with van der Waals surface area (Å²) < 4.78 is 65.7. The van der Waals surface area contributed by atoms with Crippen LogP contribution in [0.15, 0.2) is 48.5 Å². The van der Waals surface area contributed by atoms with Crippen molar-refractivity contribution in [1.29, 1.82) is 0 Å². The summed E-state index contributed by atoms with van der Waals surface area (Å²) >= 11 is 0. The van der Waals surface area contributed by atoms with Crippen LogP contribution in [0.3, 0.4) is 0 Å². The minimum Gasteiger partial charge on any atom is -0.493 e. The van der Waals surface area contributed by atoms with Crippen LogP contribution in [0, 0.1) is 0 Å². The third-order valence-corrected chi connectivity index (χ3v) is 8.11. The molecule has 2 aromatic rings. The predicted octanol–water partition coefficient (Wildman–Crippen LogP) is 8.40. The average Bonchev–Trinajstić information content (AvgIpc) is 2.89. The largest absolute Gasteiger partial charge is 0.493 e. The van der Waals surface area contributed by atoms with Crippen LogP contribution in [0.1, 0.15) is 90.8 Å². The number of aliphatic hydroxyl groups excluding tert-OH is 1. The van der Waals surface area contributed by atoms with E-state index in [1.54, 1.807) is 13.0 Å². The maximum atomic E-state index is 14.0. The molecule has 0 saturated heterocycles. The molecule has 0 spiro atoms. The van der Waals surface area contributed by atoms with Crippen molar-refractivity contribution < 1.29 is 74.5 Å². The molecule has 0 aliphatic carbocycles. The molecule has 247 valence electrons. The van der Waals surface area contributed by atoms with E-state index in [1.165, 1.54) is 6.07 Å². The predicted molar refractivity (Wildman–Crippen MR) is 163 cm³/mol. The zero-order valence-corrected chi connectivity index (χ0v) is 30.8. The van der Waals surface area contributed by atoms with Crippen LogP contribution in [0.4, 0.5) is 13.2 Å². The Kier molecular flexibility index (Phi) is 17.5. The molecular weight excluding hydrogens is 671 g/mol. The Hall–Kier alpha value is -0.676. The smallest absolute Gasteiger partial charge is 0.419 e. The van der Waals surface area contributed by atoms with Crippen molar-refractivity contribution >= 4 is 8.60 Å². The molecule has 7 nitrogen and oxygen atoms in total. The zero-order valence-electron chi connectivity index (χ0n) is 27.0. The molecule has 0 bridgehead atoms. The SMILES string of the molecule is CC(O)CCC(CCc1ccc(OCCCc2ccccc2)c(C(F)(F)F)c1)(COP(OC(C)(C)C)OC(C)(C)C)NO.[Y]. The minimum absolute atomic E-state index is 0. The van der Waals surface area contributed by atoms with E-state index in [0.717, 1.165) is 11.6 Å². The van der Waals surface area contributed by atoms with E-state index in [-0.39, 0.29) is 64.5 Å². The van der Waals surface area contributed by atoms with Gasteiger partial charge in [-0.05, 0) is 110 Å². The summed E-state index contributed by atoms with van der Waals surface area (Å²) in [5.74, 6) is -0.211. The number of hydrogen-bond acceptors (Lipinski definition) is 7. The van der Waals surface area contributed by atoms with E-state index >= 15 is 0 Å². The first kappa shape index (κ1) is 41.3. The first-order valence-corrected chi connectivity index (χ1v) is 15.8. The third-order valence-electron chi connectivity index (χ3n) is 6.37. The summed E-state index contributed by atoms with van der Waals surface area (Å²) in [7, 11) is -1.82. The molecule has 0 aliphatic rings. The molecule has 3 N–H and O–H groups in total. The number of halogens is 3. The van der Waals surface area contributed by atoms with E-state index in [0.29, 0.717) is 31.2 Å². The number of aliphatic hydroxyl groups is 1. The van der Waals surface area contributed by atoms with Gasteiger partial charge in [0, 0.05) is 32.7 Å². The van der Waals surface area contributed by atoms with Crippen molar-refractivity contribution in [2.45, 2.75) is 116 Å². The Morgan fingerprint density at radius 1 is 0.864 bits per heavy atom. The fourth-order valence-corrected chi connectivity index (χ4v) is 5.55. The number of alkyl halides is 3. The van der Waals surface area contributed by atoms with Gasteiger partial charge in [0.1, 0.15) is 5.75 Å². The van der Waals surface area contributed by atoms with Crippen molar-refractivity contribution in [3.8, 4) is 5.75 Å². The summed E-state index contributed by atoms with van der Waals surface area (Å²) in [6.45, 7) is 13.0. The van der Waals surface area contributed by atoms with Crippen LogP contribution in [-0.2, 0) is 65.3 Å². The van der Waals surface area contributed by atoms with Crippen LogP contribution in [0.2, 0.25) is 0 Å². The molecule has 2 aromatic carbocycles. The number of aryl methyl sites for hydroxylation is 2. The number of nitrogens with one attached hydrogen (secondary N) is 1. The van der Waals surface area contributed by atoms with E-state index in [1.807, 2.05) is 71.9 Å². The fourth-order valence-electron chi connectivity index (χ4n) is 4.16. The maximum absolute atomic E-state index is 14.0. The van der Waals surface area contributed by atoms with Gasteiger partial charge in [0.2, 0.25) is 0 Å². The van der Waals surface area contributed by atoms with Crippen LogP contribution in [0.5, 0.6) is 5.75 Å². The molecule has 0 fully saturated rings. The number of ether oxygens (including phenoxy) is 1. The number of hydrogen-bond donors (Lipinski definition) is 3. The van der Waals surface area contributed by atoms with Gasteiger partial charge in [0.25, 0.3) is 0 Å². The van der Waals surface area contributed by atoms with Gasteiger partial charge in [-0.25, -0.2) is 0 Å². The summed E-state index contributed by atoms with van der Waals surface area (Å²) in [6, 6.07) is 13.8. The Labute approximate surface area is 287 Å². The second kappa shape index (κ2) is 18.6. The summed E-state index contributed by atoms with van der Waals surface area (Å²) in [5.41, 5.74) is 0.824. The van der Waals surface area contributed by atoms with Crippen molar-refractivity contribution in [2.24, 2.45) is 0 Å². The average molecular weight is 721 g/mol. The van der Waals surface area contributed by atoms with Gasteiger partial charge in [0.15, 0.2) is 0 Å². The van der Waals surface area contributed by atoms with Crippen LogP contribution in [-0.4, -0.2) is 46.4 Å². The van der Waals surface area contributed by atoms with Crippen molar-refractivity contribution in [3.05, 3.63) is 65.2 Å².